The lowest BCUT2D eigenvalue weighted by Crippen LogP contribution is -2.60. The van der Waals surface area contributed by atoms with Crippen LogP contribution in [0.25, 0.3) is 0 Å². The van der Waals surface area contributed by atoms with Gasteiger partial charge in [-0.2, -0.15) is 0 Å². The van der Waals surface area contributed by atoms with E-state index in [1.165, 1.54) is 0 Å². The average Bonchev–Trinajstić information content (AvgIpc) is 2.44. The van der Waals surface area contributed by atoms with Crippen molar-refractivity contribution in [3.63, 3.8) is 0 Å². The molecule has 0 bridgehead atoms. The Bertz CT molecular complexity index is 505. The molecule has 118 valence electrons. The van der Waals surface area contributed by atoms with E-state index in [0.717, 1.165) is 23.2 Å². The summed E-state index contributed by atoms with van der Waals surface area (Å²) in [7, 11) is 0. The second kappa shape index (κ2) is 7.08. The van der Waals surface area contributed by atoms with Crippen molar-refractivity contribution in [3.05, 3.63) is 26.7 Å². The van der Waals surface area contributed by atoms with Gasteiger partial charge in [0.1, 0.15) is 0 Å². The van der Waals surface area contributed by atoms with E-state index in [0.29, 0.717) is 34.0 Å². The molecule has 1 aliphatic heterocycles. The number of halogens is 3. The smallest absolute Gasteiger partial charge is 0.0837 e. The molecule has 2 rings (SSSR count). The van der Waals surface area contributed by atoms with Crippen LogP contribution in [0, 0.1) is 11.8 Å². The van der Waals surface area contributed by atoms with Crippen molar-refractivity contribution in [2.24, 2.45) is 11.8 Å². The maximum Gasteiger partial charge on any atom is 0.0837 e. The van der Waals surface area contributed by atoms with E-state index in [1.807, 2.05) is 6.07 Å². The second-order valence-corrected chi connectivity index (χ2v) is 8.03. The van der Waals surface area contributed by atoms with Crippen molar-refractivity contribution in [2.75, 3.05) is 18.0 Å². The summed E-state index contributed by atoms with van der Waals surface area (Å²) in [6.07, 6.45) is 0. The number of benzene rings is 1. The van der Waals surface area contributed by atoms with Gasteiger partial charge in [0.15, 0.2) is 0 Å². The lowest BCUT2D eigenvalue weighted by atomic mass is 9.93. The van der Waals surface area contributed by atoms with Gasteiger partial charge >= 0.3 is 0 Å². The van der Waals surface area contributed by atoms with Crippen molar-refractivity contribution >= 4 is 44.8 Å². The quantitative estimate of drug-likeness (QED) is 0.708. The van der Waals surface area contributed by atoms with Crippen LogP contribution in [0.4, 0.5) is 5.69 Å². The fraction of sp³-hybridized carbons (Fsp3) is 0.625. The first-order valence-corrected chi connectivity index (χ1v) is 9.01. The molecule has 1 saturated heterocycles. The summed E-state index contributed by atoms with van der Waals surface area (Å²) < 4.78 is 0.842. The molecular formula is C16H23BrCl2N2. The van der Waals surface area contributed by atoms with E-state index >= 15 is 0 Å². The van der Waals surface area contributed by atoms with Crippen molar-refractivity contribution < 1.29 is 0 Å². The molecule has 1 heterocycles. The maximum absolute atomic E-state index is 6.51. The van der Waals surface area contributed by atoms with Crippen LogP contribution in [0.3, 0.4) is 0 Å². The average molecular weight is 394 g/mol. The minimum Gasteiger partial charge on any atom is -0.364 e. The first-order chi connectivity index (χ1) is 9.82. The standard InChI is InChI=1S/C16H23BrCl2N2/c1-9(2)12-8-21(14(7-20-12)10(3)4)13-6-5-11(17)15(18)16(13)19/h5-6,9-10,12,14,20H,7-8H2,1-4H3. The SMILES string of the molecule is CC(C)C1CN(c2ccc(Br)c(Cl)c2Cl)C(C(C)C)CN1. The van der Waals surface area contributed by atoms with Crippen LogP contribution in [-0.2, 0) is 0 Å². The van der Waals surface area contributed by atoms with Crippen LogP contribution in [0.1, 0.15) is 27.7 Å². The summed E-state index contributed by atoms with van der Waals surface area (Å²) in [5.41, 5.74) is 1.04. The van der Waals surface area contributed by atoms with Crippen molar-refractivity contribution in [1.29, 1.82) is 0 Å². The first-order valence-electron chi connectivity index (χ1n) is 7.46. The van der Waals surface area contributed by atoms with Crippen LogP contribution in [0.15, 0.2) is 16.6 Å². The van der Waals surface area contributed by atoms with Gasteiger partial charge < -0.3 is 10.2 Å². The van der Waals surface area contributed by atoms with Gasteiger partial charge in [-0.1, -0.05) is 50.9 Å². The normalized spacial score (nSPS) is 23.2. The van der Waals surface area contributed by atoms with E-state index in [9.17, 15) is 0 Å². The second-order valence-electron chi connectivity index (χ2n) is 6.42. The summed E-state index contributed by atoms with van der Waals surface area (Å²) in [5, 5.41) is 4.90. The zero-order valence-corrected chi connectivity index (χ0v) is 16.1. The molecule has 1 aliphatic rings. The van der Waals surface area contributed by atoms with E-state index in [2.05, 4.69) is 59.9 Å². The van der Waals surface area contributed by atoms with Crippen LogP contribution < -0.4 is 10.2 Å². The lowest BCUT2D eigenvalue weighted by molar-refractivity contribution is 0.295. The third-order valence-electron chi connectivity index (χ3n) is 4.28. The predicted octanol–water partition coefficient (Wildman–Crippen LogP) is 5.21. The third kappa shape index (κ3) is 3.69. The van der Waals surface area contributed by atoms with E-state index < -0.39 is 0 Å². The molecule has 2 atom stereocenters. The molecule has 2 nitrogen and oxygen atoms in total. The van der Waals surface area contributed by atoms with Crippen LogP contribution in [0.2, 0.25) is 10.0 Å². The number of hydrogen-bond donors (Lipinski definition) is 1. The molecule has 5 heteroatoms. The summed E-state index contributed by atoms with van der Waals surface area (Å²) in [5.74, 6) is 1.13. The molecule has 0 radical (unpaired) electrons. The molecule has 1 aromatic rings. The molecule has 0 aromatic heterocycles. The van der Waals surface area contributed by atoms with Gasteiger partial charge in [0.05, 0.1) is 15.7 Å². The Labute approximate surface area is 146 Å². The first kappa shape index (κ1) is 17.4. The Morgan fingerprint density at radius 1 is 1.14 bits per heavy atom. The number of piperazine rings is 1. The van der Waals surface area contributed by atoms with Gasteiger partial charge in [-0.25, -0.2) is 0 Å². The van der Waals surface area contributed by atoms with Gasteiger partial charge in [0.2, 0.25) is 0 Å². The highest BCUT2D eigenvalue weighted by molar-refractivity contribution is 9.10. The number of nitrogens with one attached hydrogen (secondary N) is 1. The summed E-state index contributed by atoms with van der Waals surface area (Å²) in [4.78, 5) is 2.42. The fourth-order valence-corrected chi connectivity index (χ4v) is 3.73. The number of nitrogens with zero attached hydrogens (tertiary/aromatic N) is 1. The Balaban J connectivity index is 2.38. The summed E-state index contributed by atoms with van der Waals surface area (Å²) in [6.45, 7) is 10.9. The fourth-order valence-electron chi connectivity index (χ4n) is 2.85. The topological polar surface area (TPSA) is 15.3 Å². The Morgan fingerprint density at radius 3 is 2.38 bits per heavy atom. The highest BCUT2D eigenvalue weighted by atomic mass is 79.9. The molecule has 0 saturated carbocycles. The predicted molar refractivity (Wildman–Crippen MR) is 96.8 cm³/mol. The van der Waals surface area contributed by atoms with E-state index in [-0.39, 0.29) is 0 Å². The van der Waals surface area contributed by atoms with Gasteiger partial charge in [-0.15, -0.1) is 0 Å². The minimum absolute atomic E-state index is 0.426. The van der Waals surface area contributed by atoms with Crippen LogP contribution >= 0.6 is 39.1 Å². The molecule has 0 amide bonds. The molecule has 21 heavy (non-hydrogen) atoms. The molecule has 0 aliphatic carbocycles. The van der Waals surface area contributed by atoms with Gasteiger partial charge in [0.25, 0.3) is 0 Å². The van der Waals surface area contributed by atoms with Crippen LogP contribution in [0.5, 0.6) is 0 Å². The van der Waals surface area contributed by atoms with Crippen molar-refractivity contribution in [2.45, 2.75) is 39.8 Å². The Morgan fingerprint density at radius 2 is 1.81 bits per heavy atom. The Kier molecular flexibility index (Phi) is 5.86. The monoisotopic (exact) mass is 392 g/mol. The molecule has 2 unspecified atom stereocenters. The highest BCUT2D eigenvalue weighted by Crippen LogP contribution is 2.39. The van der Waals surface area contributed by atoms with Gasteiger partial charge in [-0.05, 0) is 39.9 Å². The third-order valence-corrected chi connectivity index (χ3v) is 6.04. The zero-order chi connectivity index (χ0) is 15.7. The minimum atomic E-state index is 0.426. The Hall–Kier alpha value is 0.0400. The van der Waals surface area contributed by atoms with E-state index in [4.69, 9.17) is 23.2 Å². The zero-order valence-electron chi connectivity index (χ0n) is 13.0. The largest absolute Gasteiger partial charge is 0.364 e. The number of hydrogen-bond acceptors (Lipinski definition) is 2. The van der Waals surface area contributed by atoms with E-state index in [1.54, 1.807) is 0 Å². The van der Waals surface area contributed by atoms with Crippen molar-refractivity contribution in [1.82, 2.24) is 5.32 Å². The maximum atomic E-state index is 6.51. The molecule has 0 spiro atoms. The van der Waals surface area contributed by atoms with Gasteiger partial charge in [0, 0.05) is 29.6 Å². The van der Waals surface area contributed by atoms with Crippen molar-refractivity contribution in [3.8, 4) is 0 Å². The molecule has 1 N–H and O–H groups in total. The number of rotatable bonds is 3. The summed E-state index contributed by atoms with van der Waals surface area (Å²) in [6, 6.07) is 4.94. The van der Waals surface area contributed by atoms with Gasteiger partial charge in [-0.3, -0.25) is 0 Å². The number of anilines is 1. The summed E-state index contributed by atoms with van der Waals surface area (Å²) >= 11 is 16.2. The van der Waals surface area contributed by atoms with Crippen LogP contribution in [-0.4, -0.2) is 25.2 Å². The molecular weight excluding hydrogens is 371 g/mol. The highest BCUT2D eigenvalue weighted by Gasteiger charge is 2.32. The molecule has 1 aromatic carbocycles. The molecule has 1 fully saturated rings. The lowest BCUT2D eigenvalue weighted by Gasteiger charge is -2.45.